The Hall–Kier alpha value is -0.830. The van der Waals surface area contributed by atoms with Gasteiger partial charge in [0.05, 0.1) is 10.4 Å². The van der Waals surface area contributed by atoms with Crippen molar-refractivity contribution in [1.82, 2.24) is 0 Å². The van der Waals surface area contributed by atoms with Crippen molar-refractivity contribution in [2.24, 2.45) is 5.92 Å². The number of hydrogen-bond acceptors (Lipinski definition) is 2. The summed E-state index contributed by atoms with van der Waals surface area (Å²) in [5.74, 6) is 0.650. The van der Waals surface area contributed by atoms with Gasteiger partial charge in [-0.05, 0) is 53.4 Å². The Labute approximate surface area is 110 Å². The quantitative estimate of drug-likeness (QED) is 0.603. The highest BCUT2D eigenvalue weighted by Crippen LogP contribution is 2.29. The molecule has 1 aromatic carbocycles. The number of esters is 1. The molecule has 92 valence electrons. The highest BCUT2D eigenvalue weighted by Gasteiger charge is 2.23. The average molecular weight is 297 g/mol. The van der Waals surface area contributed by atoms with Crippen molar-refractivity contribution < 1.29 is 9.53 Å². The van der Waals surface area contributed by atoms with Gasteiger partial charge in [-0.25, -0.2) is 0 Å². The molecule has 0 spiro atoms. The zero-order valence-electron chi connectivity index (χ0n) is 10.0. The Balaban J connectivity index is 2.02. The Kier molecular flexibility index (Phi) is 4.21. The van der Waals surface area contributed by atoms with Crippen LogP contribution < -0.4 is 4.74 Å². The minimum absolute atomic E-state index is 0.0748. The van der Waals surface area contributed by atoms with Gasteiger partial charge < -0.3 is 4.74 Å². The molecule has 0 N–H and O–H groups in total. The maximum atomic E-state index is 12.0. The molecule has 0 aromatic heterocycles. The van der Waals surface area contributed by atoms with E-state index in [2.05, 4.69) is 15.9 Å². The minimum Gasteiger partial charge on any atom is -0.425 e. The lowest BCUT2D eigenvalue weighted by Crippen LogP contribution is -2.22. The Morgan fingerprint density at radius 3 is 2.65 bits per heavy atom. The smallest absolute Gasteiger partial charge is 0.314 e. The summed E-state index contributed by atoms with van der Waals surface area (Å²) in [6.45, 7) is 2.01. The molecule has 1 aromatic rings. The van der Waals surface area contributed by atoms with Crippen LogP contribution in [0.3, 0.4) is 0 Å². The van der Waals surface area contributed by atoms with E-state index in [0.717, 1.165) is 35.7 Å². The zero-order chi connectivity index (χ0) is 12.3. The van der Waals surface area contributed by atoms with E-state index in [1.807, 2.05) is 25.1 Å². The summed E-state index contributed by atoms with van der Waals surface area (Å²) >= 11 is 3.42. The lowest BCUT2D eigenvalue weighted by molar-refractivity contribution is -0.140. The third kappa shape index (κ3) is 3.32. The number of halogens is 1. The molecule has 1 fully saturated rings. The molecule has 0 heterocycles. The second-order valence-electron chi connectivity index (χ2n) is 4.69. The van der Waals surface area contributed by atoms with Gasteiger partial charge in [-0.3, -0.25) is 4.79 Å². The second-order valence-corrected chi connectivity index (χ2v) is 5.54. The van der Waals surface area contributed by atoms with Crippen LogP contribution in [0, 0.1) is 12.8 Å². The van der Waals surface area contributed by atoms with Gasteiger partial charge in [-0.1, -0.05) is 25.3 Å². The summed E-state index contributed by atoms with van der Waals surface area (Å²) < 4.78 is 6.30. The summed E-state index contributed by atoms with van der Waals surface area (Å²) in [5, 5.41) is 0. The van der Waals surface area contributed by atoms with Crippen LogP contribution in [0.5, 0.6) is 5.75 Å². The first kappa shape index (κ1) is 12.6. The highest BCUT2D eigenvalue weighted by molar-refractivity contribution is 9.10. The number of carbonyl (C=O) groups is 1. The minimum atomic E-state index is -0.0748. The number of benzene rings is 1. The van der Waals surface area contributed by atoms with Gasteiger partial charge >= 0.3 is 5.97 Å². The van der Waals surface area contributed by atoms with E-state index in [-0.39, 0.29) is 11.9 Å². The standard InChI is InChI=1S/C14H17BrO2/c1-10-7-8-13(12(15)9-10)17-14(16)11-5-3-2-4-6-11/h7-9,11H,2-6H2,1H3. The molecule has 0 atom stereocenters. The van der Waals surface area contributed by atoms with E-state index in [4.69, 9.17) is 4.74 Å². The molecule has 2 rings (SSSR count). The van der Waals surface area contributed by atoms with Gasteiger partial charge in [-0.2, -0.15) is 0 Å². The van der Waals surface area contributed by atoms with Crippen molar-refractivity contribution in [3.63, 3.8) is 0 Å². The monoisotopic (exact) mass is 296 g/mol. The molecule has 0 amide bonds. The van der Waals surface area contributed by atoms with Crippen molar-refractivity contribution in [2.75, 3.05) is 0 Å². The van der Waals surface area contributed by atoms with Crippen molar-refractivity contribution in [3.8, 4) is 5.75 Å². The van der Waals surface area contributed by atoms with Crippen molar-refractivity contribution >= 4 is 21.9 Å². The van der Waals surface area contributed by atoms with Crippen LogP contribution >= 0.6 is 15.9 Å². The summed E-state index contributed by atoms with van der Waals surface area (Å²) in [6, 6.07) is 5.76. The first-order valence-corrected chi connectivity index (χ1v) is 6.94. The molecule has 0 bridgehead atoms. The molecule has 1 aliphatic rings. The molecule has 3 heteroatoms. The van der Waals surface area contributed by atoms with Crippen LogP contribution in [0.4, 0.5) is 0 Å². The molecule has 1 saturated carbocycles. The Bertz CT molecular complexity index is 409. The van der Waals surface area contributed by atoms with Crippen molar-refractivity contribution in [2.45, 2.75) is 39.0 Å². The Morgan fingerprint density at radius 2 is 2.00 bits per heavy atom. The molecular formula is C14H17BrO2. The number of hydrogen-bond donors (Lipinski definition) is 0. The molecule has 17 heavy (non-hydrogen) atoms. The van der Waals surface area contributed by atoms with Crippen LogP contribution in [0.15, 0.2) is 22.7 Å². The van der Waals surface area contributed by atoms with Crippen LogP contribution in [0.2, 0.25) is 0 Å². The van der Waals surface area contributed by atoms with E-state index in [1.165, 1.54) is 6.42 Å². The second kappa shape index (κ2) is 5.67. The third-order valence-electron chi connectivity index (χ3n) is 3.24. The van der Waals surface area contributed by atoms with Gasteiger partial charge in [-0.15, -0.1) is 0 Å². The van der Waals surface area contributed by atoms with Gasteiger partial charge in [0, 0.05) is 0 Å². The molecule has 0 radical (unpaired) electrons. The summed E-state index contributed by atoms with van der Waals surface area (Å²) in [7, 11) is 0. The fourth-order valence-electron chi connectivity index (χ4n) is 2.22. The van der Waals surface area contributed by atoms with Crippen molar-refractivity contribution in [1.29, 1.82) is 0 Å². The molecule has 0 unspecified atom stereocenters. The third-order valence-corrected chi connectivity index (χ3v) is 3.86. The summed E-state index contributed by atoms with van der Waals surface area (Å²) in [5.41, 5.74) is 1.15. The number of rotatable bonds is 2. The predicted octanol–water partition coefficient (Wildman–Crippen LogP) is 4.24. The van der Waals surface area contributed by atoms with Crippen LogP contribution in [-0.4, -0.2) is 5.97 Å². The van der Waals surface area contributed by atoms with Crippen LogP contribution in [-0.2, 0) is 4.79 Å². The first-order chi connectivity index (χ1) is 8.16. The van der Waals surface area contributed by atoms with Gasteiger partial charge in [0.15, 0.2) is 0 Å². The maximum absolute atomic E-state index is 12.0. The lowest BCUT2D eigenvalue weighted by Gasteiger charge is -2.20. The van der Waals surface area contributed by atoms with E-state index in [9.17, 15) is 4.79 Å². The summed E-state index contributed by atoms with van der Waals surface area (Å²) in [6.07, 6.45) is 5.49. The van der Waals surface area contributed by atoms with Gasteiger partial charge in [0.1, 0.15) is 5.75 Å². The zero-order valence-corrected chi connectivity index (χ0v) is 11.6. The van der Waals surface area contributed by atoms with E-state index < -0.39 is 0 Å². The molecular weight excluding hydrogens is 280 g/mol. The van der Waals surface area contributed by atoms with Gasteiger partial charge in [0.25, 0.3) is 0 Å². The van der Waals surface area contributed by atoms with Gasteiger partial charge in [0.2, 0.25) is 0 Å². The van der Waals surface area contributed by atoms with Crippen molar-refractivity contribution in [3.05, 3.63) is 28.2 Å². The lowest BCUT2D eigenvalue weighted by atomic mass is 9.89. The molecule has 2 nitrogen and oxygen atoms in total. The van der Waals surface area contributed by atoms with E-state index in [0.29, 0.717) is 5.75 Å². The molecule has 0 saturated heterocycles. The number of ether oxygens (including phenoxy) is 1. The first-order valence-electron chi connectivity index (χ1n) is 6.14. The average Bonchev–Trinajstić information content (AvgIpc) is 2.34. The topological polar surface area (TPSA) is 26.3 Å². The fraction of sp³-hybridized carbons (Fsp3) is 0.500. The van der Waals surface area contributed by atoms with E-state index >= 15 is 0 Å². The van der Waals surface area contributed by atoms with Crippen LogP contribution in [0.1, 0.15) is 37.7 Å². The normalized spacial score (nSPS) is 16.8. The molecule has 1 aliphatic carbocycles. The predicted molar refractivity (Wildman–Crippen MR) is 71.1 cm³/mol. The fourth-order valence-corrected chi connectivity index (χ4v) is 2.79. The largest absolute Gasteiger partial charge is 0.425 e. The highest BCUT2D eigenvalue weighted by atomic mass is 79.9. The number of aryl methyl sites for hydroxylation is 1. The summed E-state index contributed by atoms with van der Waals surface area (Å²) in [4.78, 5) is 12.0. The SMILES string of the molecule is Cc1ccc(OC(=O)C2CCCCC2)c(Br)c1. The Morgan fingerprint density at radius 1 is 1.29 bits per heavy atom. The number of carbonyl (C=O) groups excluding carboxylic acids is 1. The molecule has 0 aliphatic heterocycles. The van der Waals surface area contributed by atoms with E-state index in [1.54, 1.807) is 0 Å². The maximum Gasteiger partial charge on any atom is 0.314 e. The van der Waals surface area contributed by atoms with Crippen LogP contribution in [0.25, 0.3) is 0 Å².